The first kappa shape index (κ1) is 13.2. The molecule has 3 rings (SSSR count). The Hall–Kier alpha value is -1.84. The molecule has 1 aliphatic heterocycles. The van der Waals surface area contributed by atoms with Gasteiger partial charge in [-0.1, -0.05) is 25.5 Å². The third-order valence-electron chi connectivity index (χ3n) is 4.04. The lowest BCUT2D eigenvalue weighted by atomic mass is 10.2. The van der Waals surface area contributed by atoms with Crippen molar-refractivity contribution in [2.24, 2.45) is 0 Å². The number of nitrogens with one attached hydrogen (secondary N) is 1. The van der Waals surface area contributed by atoms with E-state index in [0.29, 0.717) is 6.42 Å². The second-order valence-electron chi connectivity index (χ2n) is 5.49. The number of nitrogens with zero attached hydrogens (tertiary/aromatic N) is 2. The highest BCUT2D eigenvalue weighted by Crippen LogP contribution is 2.32. The van der Waals surface area contributed by atoms with Crippen LogP contribution in [-0.4, -0.2) is 27.3 Å². The van der Waals surface area contributed by atoms with Gasteiger partial charge in [-0.3, -0.25) is 4.79 Å². The number of rotatable bonds is 4. The Morgan fingerprint density at radius 2 is 2.30 bits per heavy atom. The van der Waals surface area contributed by atoms with E-state index in [-0.39, 0.29) is 11.9 Å². The van der Waals surface area contributed by atoms with Crippen LogP contribution in [0.2, 0.25) is 0 Å². The number of carbonyl (C=O) groups is 1. The zero-order valence-corrected chi connectivity index (χ0v) is 11.9. The number of amides is 1. The van der Waals surface area contributed by atoms with Crippen LogP contribution in [0.5, 0.6) is 0 Å². The third kappa shape index (κ3) is 2.42. The number of aromatic amines is 1. The van der Waals surface area contributed by atoms with Gasteiger partial charge in [0.05, 0.1) is 17.1 Å². The Morgan fingerprint density at radius 3 is 3.10 bits per heavy atom. The Bertz CT molecular complexity index is 572. The minimum absolute atomic E-state index is 0.131. The van der Waals surface area contributed by atoms with Crippen molar-refractivity contribution in [2.75, 3.05) is 6.54 Å². The number of hydrogen-bond acceptors (Lipinski definition) is 2. The minimum Gasteiger partial charge on any atom is -0.340 e. The molecule has 1 aromatic heterocycles. The molecule has 1 N–H and O–H groups in total. The fraction of sp³-hybridized carbons (Fsp3) is 0.500. The molecule has 1 fully saturated rings. The molecule has 0 radical (unpaired) electrons. The van der Waals surface area contributed by atoms with E-state index in [9.17, 15) is 4.79 Å². The lowest BCUT2D eigenvalue weighted by Crippen LogP contribution is -2.30. The number of likely N-dealkylation sites (tertiary alicyclic amines) is 1. The molecule has 1 saturated heterocycles. The first-order valence-corrected chi connectivity index (χ1v) is 7.53. The maximum absolute atomic E-state index is 12.3. The number of carbonyl (C=O) groups excluding carboxylic acids is 1. The van der Waals surface area contributed by atoms with Crippen molar-refractivity contribution >= 4 is 16.9 Å². The van der Waals surface area contributed by atoms with E-state index in [1.165, 1.54) is 0 Å². The zero-order valence-electron chi connectivity index (χ0n) is 11.9. The monoisotopic (exact) mass is 271 g/mol. The van der Waals surface area contributed by atoms with E-state index in [2.05, 4.69) is 16.9 Å². The maximum atomic E-state index is 12.3. The predicted molar refractivity (Wildman–Crippen MR) is 79.3 cm³/mol. The Kier molecular flexibility index (Phi) is 3.72. The van der Waals surface area contributed by atoms with Crippen LogP contribution in [0.3, 0.4) is 0 Å². The fourth-order valence-electron chi connectivity index (χ4n) is 2.95. The highest BCUT2D eigenvalue weighted by atomic mass is 16.2. The van der Waals surface area contributed by atoms with Crippen molar-refractivity contribution in [2.45, 2.75) is 45.1 Å². The van der Waals surface area contributed by atoms with Crippen LogP contribution in [0.25, 0.3) is 11.0 Å². The molecule has 0 saturated carbocycles. The van der Waals surface area contributed by atoms with Crippen LogP contribution >= 0.6 is 0 Å². The Morgan fingerprint density at radius 1 is 1.45 bits per heavy atom. The van der Waals surface area contributed by atoms with Gasteiger partial charge < -0.3 is 9.88 Å². The fourth-order valence-corrected chi connectivity index (χ4v) is 2.95. The molecule has 4 heteroatoms. The molecule has 2 heterocycles. The van der Waals surface area contributed by atoms with E-state index in [4.69, 9.17) is 0 Å². The molecular weight excluding hydrogens is 250 g/mol. The summed E-state index contributed by atoms with van der Waals surface area (Å²) in [5, 5.41) is 0. The molecule has 1 aromatic carbocycles. The summed E-state index contributed by atoms with van der Waals surface area (Å²) >= 11 is 0. The molecule has 1 amide bonds. The smallest absolute Gasteiger partial charge is 0.223 e. The molecule has 1 atom stereocenters. The Labute approximate surface area is 119 Å². The second-order valence-corrected chi connectivity index (χ2v) is 5.49. The van der Waals surface area contributed by atoms with Crippen molar-refractivity contribution in [3.63, 3.8) is 0 Å². The van der Waals surface area contributed by atoms with E-state index in [1.807, 2.05) is 29.2 Å². The summed E-state index contributed by atoms with van der Waals surface area (Å²) in [5.74, 6) is 1.21. The van der Waals surface area contributed by atoms with Gasteiger partial charge in [0.25, 0.3) is 0 Å². The molecule has 0 spiro atoms. The molecule has 0 bridgehead atoms. The van der Waals surface area contributed by atoms with Crippen LogP contribution in [0.15, 0.2) is 24.3 Å². The van der Waals surface area contributed by atoms with E-state index in [0.717, 1.165) is 49.1 Å². The Balaban J connectivity index is 1.82. The number of aromatic nitrogens is 2. The molecular formula is C16H21N3O. The van der Waals surface area contributed by atoms with Crippen LogP contribution in [-0.2, 0) is 4.79 Å². The highest BCUT2D eigenvalue weighted by Gasteiger charge is 2.31. The van der Waals surface area contributed by atoms with Crippen LogP contribution in [0.1, 0.15) is 50.9 Å². The zero-order chi connectivity index (χ0) is 13.9. The van der Waals surface area contributed by atoms with Gasteiger partial charge in [0.2, 0.25) is 5.91 Å². The maximum Gasteiger partial charge on any atom is 0.223 e. The van der Waals surface area contributed by atoms with Crippen molar-refractivity contribution in [1.82, 2.24) is 14.9 Å². The van der Waals surface area contributed by atoms with Gasteiger partial charge in [0, 0.05) is 13.0 Å². The highest BCUT2D eigenvalue weighted by molar-refractivity contribution is 5.78. The van der Waals surface area contributed by atoms with Crippen molar-refractivity contribution in [1.29, 1.82) is 0 Å². The normalized spacial score (nSPS) is 18.9. The summed E-state index contributed by atoms with van der Waals surface area (Å²) in [5.41, 5.74) is 2.03. The first-order valence-electron chi connectivity index (χ1n) is 7.53. The van der Waals surface area contributed by atoms with Gasteiger partial charge >= 0.3 is 0 Å². The van der Waals surface area contributed by atoms with Crippen molar-refractivity contribution in [3.8, 4) is 0 Å². The number of unbranched alkanes of at least 4 members (excludes halogenated alkanes) is 1. The summed E-state index contributed by atoms with van der Waals surface area (Å²) in [6.07, 6.45) is 4.78. The summed E-state index contributed by atoms with van der Waals surface area (Å²) < 4.78 is 0. The average Bonchev–Trinajstić information content (AvgIpc) is 3.09. The number of fused-ring (bicyclic) bond motifs is 1. The lowest BCUT2D eigenvalue weighted by molar-refractivity contribution is -0.132. The van der Waals surface area contributed by atoms with Gasteiger partial charge in [0.1, 0.15) is 5.82 Å². The lowest BCUT2D eigenvalue weighted by Gasteiger charge is -2.23. The van der Waals surface area contributed by atoms with Crippen molar-refractivity contribution in [3.05, 3.63) is 30.1 Å². The first-order chi connectivity index (χ1) is 9.79. The van der Waals surface area contributed by atoms with Crippen molar-refractivity contribution < 1.29 is 4.79 Å². The van der Waals surface area contributed by atoms with Gasteiger partial charge in [0.15, 0.2) is 0 Å². The number of H-pyrrole nitrogens is 1. The summed E-state index contributed by atoms with van der Waals surface area (Å²) in [4.78, 5) is 22.3. The molecule has 4 nitrogen and oxygen atoms in total. The van der Waals surface area contributed by atoms with Crippen LogP contribution in [0, 0.1) is 0 Å². The third-order valence-corrected chi connectivity index (χ3v) is 4.04. The number of benzene rings is 1. The molecule has 1 aliphatic rings. The SMILES string of the molecule is CCCCC(=O)N1CCCC1c1nc2ccccc2[nH]1. The van der Waals surface area contributed by atoms with Gasteiger partial charge in [-0.25, -0.2) is 4.98 Å². The largest absolute Gasteiger partial charge is 0.340 e. The number of imidazole rings is 1. The number of para-hydroxylation sites is 2. The predicted octanol–water partition coefficient (Wildman–Crippen LogP) is 3.42. The molecule has 20 heavy (non-hydrogen) atoms. The topological polar surface area (TPSA) is 49.0 Å². The quantitative estimate of drug-likeness (QED) is 0.926. The van der Waals surface area contributed by atoms with Gasteiger partial charge in [-0.2, -0.15) is 0 Å². The van der Waals surface area contributed by atoms with E-state index < -0.39 is 0 Å². The number of hydrogen-bond donors (Lipinski definition) is 1. The van der Waals surface area contributed by atoms with Crippen LogP contribution in [0.4, 0.5) is 0 Å². The van der Waals surface area contributed by atoms with E-state index in [1.54, 1.807) is 0 Å². The average molecular weight is 271 g/mol. The molecule has 1 unspecified atom stereocenters. The summed E-state index contributed by atoms with van der Waals surface area (Å²) in [7, 11) is 0. The van der Waals surface area contributed by atoms with Gasteiger partial charge in [-0.15, -0.1) is 0 Å². The minimum atomic E-state index is 0.131. The van der Waals surface area contributed by atoms with Crippen LogP contribution < -0.4 is 0 Å². The summed E-state index contributed by atoms with van der Waals surface area (Å²) in [6, 6.07) is 8.17. The molecule has 0 aliphatic carbocycles. The standard InChI is InChI=1S/C16H21N3O/c1-2-3-10-15(20)19-11-6-9-14(19)16-17-12-7-4-5-8-13(12)18-16/h4-5,7-8,14H,2-3,6,9-11H2,1H3,(H,17,18). The summed E-state index contributed by atoms with van der Waals surface area (Å²) in [6.45, 7) is 2.98. The van der Waals surface area contributed by atoms with E-state index >= 15 is 0 Å². The second kappa shape index (κ2) is 5.65. The molecule has 2 aromatic rings. The van der Waals surface area contributed by atoms with Gasteiger partial charge in [-0.05, 0) is 31.4 Å². The molecule has 106 valence electrons.